The fourth-order valence-corrected chi connectivity index (χ4v) is 2.30. The number of carbonyl (C=O) groups is 1. The topological polar surface area (TPSA) is 17.1 Å². The summed E-state index contributed by atoms with van der Waals surface area (Å²) in [5, 5.41) is 0. The summed E-state index contributed by atoms with van der Waals surface area (Å²) in [5.74, 6) is 1.26. The molecule has 0 aromatic heterocycles. The predicted molar refractivity (Wildman–Crippen MR) is 55.7 cm³/mol. The highest BCUT2D eigenvalue weighted by Crippen LogP contribution is 2.35. The van der Waals surface area contributed by atoms with Gasteiger partial charge in [0.05, 0.1) is 0 Å². The molecule has 1 aliphatic rings. The fraction of sp³-hybridized carbons (Fsp3) is 0.917. The van der Waals surface area contributed by atoms with Gasteiger partial charge >= 0.3 is 0 Å². The van der Waals surface area contributed by atoms with Crippen molar-refractivity contribution in [3.8, 4) is 0 Å². The van der Waals surface area contributed by atoms with E-state index in [2.05, 4.69) is 13.8 Å². The van der Waals surface area contributed by atoms with E-state index < -0.39 is 0 Å². The van der Waals surface area contributed by atoms with Crippen molar-refractivity contribution in [2.24, 2.45) is 11.3 Å². The van der Waals surface area contributed by atoms with Crippen molar-refractivity contribution in [1.82, 2.24) is 0 Å². The quantitative estimate of drug-likeness (QED) is 0.606. The van der Waals surface area contributed by atoms with Crippen molar-refractivity contribution in [1.29, 1.82) is 0 Å². The van der Waals surface area contributed by atoms with Crippen molar-refractivity contribution in [3.63, 3.8) is 0 Å². The Hall–Kier alpha value is -0.330. The van der Waals surface area contributed by atoms with Crippen molar-refractivity contribution in [2.45, 2.75) is 59.3 Å². The van der Waals surface area contributed by atoms with Gasteiger partial charge in [0.15, 0.2) is 0 Å². The van der Waals surface area contributed by atoms with Gasteiger partial charge in [-0.25, -0.2) is 0 Å². The largest absolute Gasteiger partial charge is 0.299 e. The van der Waals surface area contributed by atoms with Gasteiger partial charge in [-0.2, -0.15) is 0 Å². The molecule has 0 aromatic carbocycles. The van der Waals surface area contributed by atoms with Crippen LogP contribution in [-0.2, 0) is 4.79 Å². The first-order chi connectivity index (χ1) is 6.04. The maximum Gasteiger partial charge on any atom is 0.135 e. The molecule has 0 radical (unpaired) electrons. The first-order valence-electron chi connectivity index (χ1n) is 5.56. The molecule has 0 aromatic rings. The highest BCUT2D eigenvalue weighted by atomic mass is 16.1. The Labute approximate surface area is 81.9 Å². The van der Waals surface area contributed by atoms with E-state index in [0.29, 0.717) is 5.78 Å². The van der Waals surface area contributed by atoms with Gasteiger partial charge in [-0.05, 0) is 25.7 Å². The molecule has 1 heteroatoms. The van der Waals surface area contributed by atoms with Crippen LogP contribution in [0.25, 0.3) is 0 Å². The minimum Gasteiger partial charge on any atom is -0.299 e. The predicted octanol–water partition coefficient (Wildman–Crippen LogP) is 3.57. The molecule has 0 N–H and O–H groups in total. The Bertz CT molecular complexity index is 174. The average Bonchev–Trinajstić information content (AvgIpc) is 2.01. The van der Waals surface area contributed by atoms with Gasteiger partial charge < -0.3 is 0 Å². The molecule has 13 heavy (non-hydrogen) atoms. The van der Waals surface area contributed by atoms with Crippen molar-refractivity contribution in [3.05, 3.63) is 0 Å². The highest BCUT2D eigenvalue weighted by Gasteiger charge is 2.30. The molecular formula is C12H22O. The van der Waals surface area contributed by atoms with Crippen LogP contribution in [0.3, 0.4) is 0 Å². The molecule has 0 unspecified atom stereocenters. The van der Waals surface area contributed by atoms with Gasteiger partial charge in [0.25, 0.3) is 0 Å². The van der Waals surface area contributed by atoms with Gasteiger partial charge in [0.2, 0.25) is 0 Å². The summed E-state index contributed by atoms with van der Waals surface area (Å²) in [4.78, 5) is 11.5. The zero-order valence-corrected chi connectivity index (χ0v) is 9.23. The van der Waals surface area contributed by atoms with Crippen LogP contribution in [0.4, 0.5) is 0 Å². The van der Waals surface area contributed by atoms with Crippen molar-refractivity contribution >= 4 is 5.78 Å². The first-order valence-corrected chi connectivity index (χ1v) is 5.56. The van der Waals surface area contributed by atoms with Gasteiger partial charge in [0, 0.05) is 5.41 Å². The second-order valence-electron chi connectivity index (χ2n) is 5.01. The zero-order chi connectivity index (χ0) is 9.90. The standard InChI is InChI=1S/C12H22O/c1-10-6-4-8-12(3,11(2)13)9-5-7-10/h10H,4-9H2,1-3H3. The summed E-state index contributed by atoms with van der Waals surface area (Å²) in [6.07, 6.45) is 7.29. The number of rotatable bonds is 1. The first kappa shape index (κ1) is 10.7. The maximum absolute atomic E-state index is 11.5. The number of hydrogen-bond donors (Lipinski definition) is 0. The molecule has 1 rings (SSSR count). The average molecular weight is 182 g/mol. The Morgan fingerprint density at radius 2 is 1.69 bits per heavy atom. The summed E-state index contributed by atoms with van der Waals surface area (Å²) < 4.78 is 0. The van der Waals surface area contributed by atoms with Gasteiger partial charge in [-0.3, -0.25) is 4.79 Å². The molecule has 0 bridgehead atoms. The van der Waals surface area contributed by atoms with E-state index in [1.165, 1.54) is 25.7 Å². The second-order valence-corrected chi connectivity index (χ2v) is 5.01. The number of ketones is 1. The molecule has 0 atom stereocenters. The molecule has 0 heterocycles. The minimum atomic E-state index is 0.000139. The van der Waals surface area contributed by atoms with E-state index >= 15 is 0 Å². The van der Waals surface area contributed by atoms with Gasteiger partial charge in [-0.1, -0.05) is 39.5 Å². The van der Waals surface area contributed by atoms with Crippen LogP contribution in [0.1, 0.15) is 59.3 Å². The number of carbonyl (C=O) groups excluding carboxylic acids is 1. The van der Waals surface area contributed by atoms with Crippen LogP contribution in [0.15, 0.2) is 0 Å². The molecular weight excluding hydrogens is 160 g/mol. The van der Waals surface area contributed by atoms with Crippen LogP contribution in [0.5, 0.6) is 0 Å². The molecule has 1 aliphatic carbocycles. The summed E-state index contributed by atoms with van der Waals surface area (Å²) in [6.45, 7) is 6.23. The Morgan fingerprint density at radius 3 is 2.08 bits per heavy atom. The third-order valence-corrected chi connectivity index (χ3v) is 3.70. The smallest absolute Gasteiger partial charge is 0.135 e. The fourth-order valence-electron chi connectivity index (χ4n) is 2.30. The highest BCUT2D eigenvalue weighted by molar-refractivity contribution is 5.81. The van der Waals surface area contributed by atoms with Crippen LogP contribution >= 0.6 is 0 Å². The summed E-state index contributed by atoms with van der Waals surface area (Å²) in [7, 11) is 0. The Balaban J connectivity index is 2.54. The Morgan fingerprint density at radius 1 is 1.23 bits per heavy atom. The lowest BCUT2D eigenvalue weighted by Crippen LogP contribution is -2.27. The van der Waals surface area contributed by atoms with Crippen LogP contribution in [0, 0.1) is 11.3 Å². The van der Waals surface area contributed by atoms with Crippen LogP contribution < -0.4 is 0 Å². The maximum atomic E-state index is 11.5. The summed E-state index contributed by atoms with van der Waals surface area (Å²) >= 11 is 0. The molecule has 76 valence electrons. The second kappa shape index (κ2) is 4.26. The van der Waals surface area contributed by atoms with Gasteiger partial charge in [0.1, 0.15) is 5.78 Å². The summed E-state index contributed by atoms with van der Waals surface area (Å²) in [6, 6.07) is 0. The Kier molecular flexibility index (Phi) is 3.52. The van der Waals surface area contributed by atoms with E-state index in [1.54, 1.807) is 6.92 Å². The van der Waals surface area contributed by atoms with Crippen LogP contribution in [0.2, 0.25) is 0 Å². The lowest BCUT2D eigenvalue weighted by molar-refractivity contribution is -0.126. The molecule has 1 fully saturated rings. The van der Waals surface area contributed by atoms with E-state index in [9.17, 15) is 4.79 Å². The lowest BCUT2D eigenvalue weighted by atomic mass is 9.74. The van der Waals surface area contributed by atoms with Crippen molar-refractivity contribution in [2.75, 3.05) is 0 Å². The molecule has 0 amide bonds. The van der Waals surface area contributed by atoms with E-state index in [4.69, 9.17) is 0 Å². The zero-order valence-electron chi connectivity index (χ0n) is 9.23. The third kappa shape index (κ3) is 2.82. The summed E-state index contributed by atoms with van der Waals surface area (Å²) in [5.41, 5.74) is 0.000139. The lowest BCUT2D eigenvalue weighted by Gasteiger charge is -2.30. The molecule has 0 aliphatic heterocycles. The number of Topliss-reactive ketones (excluding diaryl/α,β-unsaturated/α-hetero) is 1. The monoisotopic (exact) mass is 182 g/mol. The van der Waals surface area contributed by atoms with Crippen molar-refractivity contribution < 1.29 is 4.79 Å². The van der Waals surface area contributed by atoms with Crippen LogP contribution in [-0.4, -0.2) is 5.78 Å². The normalized spacial score (nSPS) is 36.4. The molecule has 1 nitrogen and oxygen atoms in total. The third-order valence-electron chi connectivity index (χ3n) is 3.70. The molecule has 0 saturated heterocycles. The van der Waals surface area contributed by atoms with E-state index in [1.807, 2.05) is 0 Å². The molecule has 0 spiro atoms. The molecule has 1 saturated carbocycles. The van der Waals surface area contributed by atoms with E-state index in [-0.39, 0.29) is 5.41 Å². The minimum absolute atomic E-state index is 0.000139. The van der Waals surface area contributed by atoms with Gasteiger partial charge in [-0.15, -0.1) is 0 Å². The number of hydrogen-bond acceptors (Lipinski definition) is 1. The van der Waals surface area contributed by atoms with E-state index in [0.717, 1.165) is 18.8 Å². The SMILES string of the molecule is CC(=O)C1(C)CCCC(C)CCC1.